The van der Waals surface area contributed by atoms with Gasteiger partial charge in [0.2, 0.25) is 15.9 Å². The SMILES string of the molecule is O=C1Cc2cc(S(=O)(=O)NCCc3c[nH]c4ccc(Cl)cc34)ccc2N1. The number of H-pyrrole nitrogens is 1. The summed E-state index contributed by atoms with van der Waals surface area (Å²) in [6, 6.07) is 10.2. The third kappa shape index (κ3) is 3.21. The van der Waals surface area contributed by atoms with Crippen LogP contribution < -0.4 is 10.0 Å². The van der Waals surface area contributed by atoms with E-state index in [0.29, 0.717) is 22.7 Å². The fourth-order valence-corrected chi connectivity index (χ4v) is 4.39. The Hall–Kier alpha value is -2.35. The van der Waals surface area contributed by atoms with Crippen molar-refractivity contribution in [3.8, 4) is 0 Å². The molecule has 3 aromatic rings. The van der Waals surface area contributed by atoms with Gasteiger partial charge in [-0.05, 0) is 53.9 Å². The highest BCUT2D eigenvalue weighted by Gasteiger charge is 2.21. The standard InChI is InChI=1S/C18H16ClN3O3S/c19-13-1-3-17-15(9-13)11(10-20-17)5-6-21-26(24,25)14-2-4-16-12(7-14)8-18(23)22-16/h1-4,7,9-10,20-21H,5-6,8H2,(H,22,23). The molecule has 6 nitrogen and oxygen atoms in total. The zero-order valence-electron chi connectivity index (χ0n) is 13.7. The first kappa shape index (κ1) is 17.1. The molecule has 1 amide bonds. The Bertz CT molecular complexity index is 1120. The van der Waals surface area contributed by atoms with E-state index in [9.17, 15) is 13.2 Å². The zero-order chi connectivity index (χ0) is 18.3. The molecule has 3 N–H and O–H groups in total. The lowest BCUT2D eigenvalue weighted by Crippen LogP contribution is -2.26. The summed E-state index contributed by atoms with van der Waals surface area (Å²) in [5.74, 6) is -0.125. The number of sulfonamides is 1. The highest BCUT2D eigenvalue weighted by Crippen LogP contribution is 2.26. The molecule has 2 aromatic carbocycles. The predicted octanol–water partition coefficient (Wildman–Crippen LogP) is 2.84. The second-order valence-electron chi connectivity index (χ2n) is 6.20. The molecule has 0 radical (unpaired) electrons. The van der Waals surface area contributed by atoms with Gasteiger partial charge < -0.3 is 10.3 Å². The molecule has 1 aliphatic rings. The molecule has 8 heteroatoms. The summed E-state index contributed by atoms with van der Waals surface area (Å²) >= 11 is 6.04. The number of rotatable bonds is 5. The van der Waals surface area contributed by atoms with E-state index in [2.05, 4.69) is 15.0 Å². The lowest BCUT2D eigenvalue weighted by atomic mass is 10.1. The van der Waals surface area contributed by atoms with Crippen molar-refractivity contribution in [3.63, 3.8) is 0 Å². The third-order valence-corrected chi connectivity index (χ3v) is 6.12. The first-order chi connectivity index (χ1) is 12.4. The number of nitrogens with one attached hydrogen (secondary N) is 3. The van der Waals surface area contributed by atoms with Gasteiger partial charge in [-0.2, -0.15) is 0 Å². The van der Waals surface area contributed by atoms with Crippen LogP contribution in [-0.4, -0.2) is 25.9 Å². The summed E-state index contributed by atoms with van der Waals surface area (Å²) in [4.78, 5) is 14.7. The minimum absolute atomic E-state index is 0.125. The van der Waals surface area contributed by atoms with E-state index in [1.165, 1.54) is 6.07 Å². The van der Waals surface area contributed by atoms with E-state index in [0.717, 1.165) is 16.5 Å². The van der Waals surface area contributed by atoms with Gasteiger partial charge in [0.05, 0.1) is 11.3 Å². The highest BCUT2D eigenvalue weighted by atomic mass is 35.5. The number of anilines is 1. The van der Waals surface area contributed by atoms with Gasteiger partial charge in [-0.25, -0.2) is 13.1 Å². The molecule has 1 aromatic heterocycles. The van der Waals surface area contributed by atoms with Crippen LogP contribution in [0.25, 0.3) is 10.9 Å². The number of carbonyl (C=O) groups excluding carboxylic acids is 1. The number of aromatic nitrogens is 1. The number of fused-ring (bicyclic) bond motifs is 2. The quantitative estimate of drug-likeness (QED) is 0.626. The van der Waals surface area contributed by atoms with E-state index in [1.807, 2.05) is 18.3 Å². The van der Waals surface area contributed by atoms with Crippen LogP contribution in [0.4, 0.5) is 5.69 Å². The normalized spacial score (nSPS) is 13.8. The molecule has 4 rings (SSSR count). The summed E-state index contributed by atoms with van der Waals surface area (Å²) < 4.78 is 27.6. The molecular weight excluding hydrogens is 374 g/mol. The van der Waals surface area contributed by atoms with E-state index < -0.39 is 10.0 Å². The average Bonchev–Trinajstić information content (AvgIpc) is 3.16. The number of amides is 1. The minimum Gasteiger partial charge on any atom is -0.361 e. The van der Waals surface area contributed by atoms with Gasteiger partial charge in [-0.15, -0.1) is 0 Å². The van der Waals surface area contributed by atoms with Crippen LogP contribution in [0.2, 0.25) is 5.02 Å². The van der Waals surface area contributed by atoms with Crippen LogP contribution in [0.5, 0.6) is 0 Å². The fraction of sp³-hybridized carbons (Fsp3) is 0.167. The smallest absolute Gasteiger partial charge is 0.240 e. The van der Waals surface area contributed by atoms with Gasteiger partial charge >= 0.3 is 0 Å². The molecular formula is C18H16ClN3O3S. The molecule has 1 aliphatic heterocycles. The van der Waals surface area contributed by atoms with Crippen LogP contribution >= 0.6 is 11.6 Å². The van der Waals surface area contributed by atoms with Crippen LogP contribution in [0, 0.1) is 0 Å². The summed E-state index contributed by atoms with van der Waals surface area (Å²) in [7, 11) is -3.64. The van der Waals surface area contributed by atoms with Crippen molar-refractivity contribution in [2.24, 2.45) is 0 Å². The minimum atomic E-state index is -3.64. The topological polar surface area (TPSA) is 91.1 Å². The lowest BCUT2D eigenvalue weighted by molar-refractivity contribution is -0.115. The van der Waals surface area contributed by atoms with Crippen molar-refractivity contribution in [1.82, 2.24) is 9.71 Å². The van der Waals surface area contributed by atoms with Crippen LogP contribution in [0.1, 0.15) is 11.1 Å². The summed E-state index contributed by atoms with van der Waals surface area (Å²) in [5, 5.41) is 4.31. The summed E-state index contributed by atoms with van der Waals surface area (Å²) in [6.07, 6.45) is 2.60. The van der Waals surface area contributed by atoms with Crippen molar-refractivity contribution in [2.75, 3.05) is 11.9 Å². The van der Waals surface area contributed by atoms with Crippen molar-refractivity contribution < 1.29 is 13.2 Å². The van der Waals surface area contributed by atoms with Gasteiger partial charge in [-0.1, -0.05) is 11.6 Å². The Labute approximate surface area is 155 Å². The Morgan fingerprint density at radius 1 is 1.15 bits per heavy atom. The number of halogens is 1. The van der Waals surface area contributed by atoms with Crippen molar-refractivity contribution in [1.29, 1.82) is 0 Å². The molecule has 0 saturated heterocycles. The molecule has 0 fully saturated rings. The molecule has 0 unspecified atom stereocenters. The number of hydrogen-bond acceptors (Lipinski definition) is 3. The zero-order valence-corrected chi connectivity index (χ0v) is 15.2. The molecule has 0 saturated carbocycles. The molecule has 2 heterocycles. The number of carbonyl (C=O) groups is 1. The largest absolute Gasteiger partial charge is 0.361 e. The van der Waals surface area contributed by atoms with Gasteiger partial charge in [0.15, 0.2) is 0 Å². The molecule has 134 valence electrons. The first-order valence-corrected chi connectivity index (χ1v) is 9.96. The first-order valence-electron chi connectivity index (χ1n) is 8.10. The van der Waals surface area contributed by atoms with E-state index in [4.69, 9.17) is 11.6 Å². The third-order valence-electron chi connectivity index (χ3n) is 4.43. The predicted molar refractivity (Wildman–Crippen MR) is 101 cm³/mol. The van der Waals surface area contributed by atoms with Crippen molar-refractivity contribution in [3.05, 3.63) is 58.7 Å². The molecule has 0 aliphatic carbocycles. The second-order valence-corrected chi connectivity index (χ2v) is 8.40. The van der Waals surface area contributed by atoms with Crippen molar-refractivity contribution in [2.45, 2.75) is 17.7 Å². The maximum atomic E-state index is 12.5. The van der Waals surface area contributed by atoms with E-state index in [-0.39, 0.29) is 23.8 Å². The van der Waals surface area contributed by atoms with E-state index in [1.54, 1.807) is 18.2 Å². The fourth-order valence-electron chi connectivity index (χ4n) is 3.13. The molecule has 26 heavy (non-hydrogen) atoms. The number of hydrogen-bond donors (Lipinski definition) is 3. The monoisotopic (exact) mass is 389 g/mol. The van der Waals surface area contributed by atoms with Gasteiger partial charge in [-0.3, -0.25) is 4.79 Å². The van der Waals surface area contributed by atoms with Crippen LogP contribution in [0.3, 0.4) is 0 Å². The molecule has 0 atom stereocenters. The van der Waals surface area contributed by atoms with E-state index >= 15 is 0 Å². The average molecular weight is 390 g/mol. The maximum absolute atomic E-state index is 12.5. The van der Waals surface area contributed by atoms with Crippen LogP contribution in [-0.2, 0) is 27.7 Å². The van der Waals surface area contributed by atoms with Gasteiger partial charge in [0.25, 0.3) is 0 Å². The summed E-state index contributed by atoms with van der Waals surface area (Å²) in [6.45, 7) is 0.260. The Morgan fingerprint density at radius 2 is 2.00 bits per heavy atom. The Morgan fingerprint density at radius 3 is 2.85 bits per heavy atom. The Balaban J connectivity index is 1.48. The number of aromatic amines is 1. The van der Waals surface area contributed by atoms with Crippen LogP contribution in [0.15, 0.2) is 47.5 Å². The molecule has 0 spiro atoms. The number of benzene rings is 2. The van der Waals surface area contributed by atoms with Crippen molar-refractivity contribution >= 4 is 44.1 Å². The lowest BCUT2D eigenvalue weighted by Gasteiger charge is -2.08. The second kappa shape index (κ2) is 6.42. The summed E-state index contributed by atoms with van der Waals surface area (Å²) in [5.41, 5.74) is 3.32. The molecule has 0 bridgehead atoms. The maximum Gasteiger partial charge on any atom is 0.240 e. The van der Waals surface area contributed by atoms with Gasteiger partial charge in [0, 0.05) is 34.4 Å². The van der Waals surface area contributed by atoms with Gasteiger partial charge in [0.1, 0.15) is 0 Å². The Kier molecular flexibility index (Phi) is 4.22. The highest BCUT2D eigenvalue weighted by molar-refractivity contribution is 7.89.